The zero-order valence-corrected chi connectivity index (χ0v) is 53.4. The van der Waals surface area contributed by atoms with Gasteiger partial charge in [-0.05, 0) is 133 Å². The van der Waals surface area contributed by atoms with Gasteiger partial charge in [-0.1, -0.05) is 325 Å². The van der Waals surface area contributed by atoms with E-state index in [1.54, 1.807) is 0 Å². The first-order valence-corrected chi connectivity index (χ1v) is 30.2. The van der Waals surface area contributed by atoms with Crippen molar-refractivity contribution in [1.82, 2.24) is 15.0 Å². The predicted molar refractivity (Wildman–Crippen MR) is 361 cm³/mol. The molecule has 3 nitrogen and oxygen atoms in total. The topological polar surface area (TPSA) is 38.7 Å². The molecule has 0 N–H and O–H groups in total. The molecule has 0 bridgehead atoms. The van der Waals surface area contributed by atoms with E-state index in [9.17, 15) is 0 Å². The Hall–Kier alpha value is -8.01. The van der Waals surface area contributed by atoms with E-state index >= 15 is 0 Å². The summed E-state index contributed by atoms with van der Waals surface area (Å²) < 4.78 is 0. The molecule has 0 unspecified atom stereocenters. The molecule has 0 spiro atoms. The molecule has 426 valence electrons. The van der Waals surface area contributed by atoms with Gasteiger partial charge in [0.25, 0.3) is 0 Å². The smallest absolute Gasteiger partial charge is 0.164 e. The highest BCUT2D eigenvalue weighted by Gasteiger charge is 2.25. The van der Waals surface area contributed by atoms with E-state index < -0.39 is 0 Å². The van der Waals surface area contributed by atoms with E-state index in [1.807, 2.05) is 0 Å². The lowest BCUT2D eigenvalue weighted by molar-refractivity contribution is 0.568. The average Bonchev–Trinajstić information content (AvgIpc) is 2.91. The molecule has 9 aromatic carbocycles. The van der Waals surface area contributed by atoms with Crippen molar-refractivity contribution in [2.45, 2.75) is 157 Å². The molecule has 0 atom stereocenters. The first-order valence-electron chi connectivity index (χ1n) is 30.2. The lowest BCUT2D eigenvalue weighted by Crippen LogP contribution is -2.16. The van der Waals surface area contributed by atoms with Crippen molar-refractivity contribution >= 4 is 0 Å². The Morgan fingerprint density at radius 3 is 0.405 bits per heavy atom. The minimum Gasteiger partial charge on any atom is -0.208 e. The fourth-order valence-electron chi connectivity index (χ4n) is 10.7. The number of nitrogens with zero attached hydrogens (tertiary/aromatic N) is 3. The minimum absolute atomic E-state index is 0.0462. The van der Waals surface area contributed by atoms with Crippen LogP contribution in [-0.2, 0) is 32.5 Å². The number of rotatable bonds is 9. The Balaban J connectivity index is 0.963. The number of benzene rings is 9. The van der Waals surface area contributed by atoms with Crippen LogP contribution in [0.4, 0.5) is 0 Å². The lowest BCUT2D eigenvalue weighted by Gasteiger charge is -2.26. The van der Waals surface area contributed by atoms with Gasteiger partial charge in [-0.15, -0.1) is 0 Å². The normalized spacial score (nSPS) is 12.6. The van der Waals surface area contributed by atoms with Gasteiger partial charge in [0.1, 0.15) is 0 Å². The largest absolute Gasteiger partial charge is 0.208 e. The lowest BCUT2D eigenvalue weighted by atomic mass is 9.79. The number of hydrogen-bond donors (Lipinski definition) is 0. The van der Waals surface area contributed by atoms with Crippen molar-refractivity contribution in [1.29, 1.82) is 0 Å². The van der Waals surface area contributed by atoms with Gasteiger partial charge in [0.15, 0.2) is 17.5 Å². The highest BCUT2D eigenvalue weighted by atomic mass is 15.0. The summed E-state index contributed by atoms with van der Waals surface area (Å²) in [7, 11) is 0. The second-order valence-corrected chi connectivity index (χ2v) is 29.7. The van der Waals surface area contributed by atoms with Gasteiger partial charge in [0.05, 0.1) is 0 Å². The van der Waals surface area contributed by atoms with E-state index in [1.165, 1.54) is 66.8 Å². The molecular formula is C81H87N3. The molecule has 0 aliphatic carbocycles. The van der Waals surface area contributed by atoms with E-state index in [0.29, 0.717) is 17.5 Å². The van der Waals surface area contributed by atoms with Crippen LogP contribution in [0.25, 0.3) is 101 Å². The van der Waals surface area contributed by atoms with Crippen molar-refractivity contribution in [3.63, 3.8) is 0 Å². The predicted octanol–water partition coefficient (Wildman–Crippen LogP) is 22.7. The molecule has 10 aromatic rings. The zero-order chi connectivity index (χ0) is 60.3. The molecule has 3 heteroatoms. The van der Waals surface area contributed by atoms with Gasteiger partial charge < -0.3 is 0 Å². The summed E-state index contributed by atoms with van der Waals surface area (Å²) in [5, 5.41) is 0. The van der Waals surface area contributed by atoms with Crippen LogP contribution < -0.4 is 0 Å². The first-order chi connectivity index (χ1) is 39.3. The van der Waals surface area contributed by atoms with E-state index in [4.69, 9.17) is 15.0 Å². The van der Waals surface area contributed by atoms with Crippen molar-refractivity contribution in [3.8, 4) is 101 Å². The molecule has 84 heavy (non-hydrogen) atoms. The third kappa shape index (κ3) is 13.3. The highest BCUT2D eigenvalue weighted by Crippen LogP contribution is 2.40. The van der Waals surface area contributed by atoms with Gasteiger partial charge in [0.2, 0.25) is 0 Å². The second kappa shape index (κ2) is 22.2. The second-order valence-electron chi connectivity index (χ2n) is 29.7. The number of aromatic nitrogens is 3. The van der Waals surface area contributed by atoms with Crippen LogP contribution in [-0.4, -0.2) is 15.0 Å². The molecule has 10 rings (SSSR count). The maximum Gasteiger partial charge on any atom is 0.164 e. The van der Waals surface area contributed by atoms with E-state index in [-0.39, 0.29) is 32.5 Å². The third-order valence-electron chi connectivity index (χ3n) is 16.7. The standard InChI is InChI=1S/C81H87N3/c1-76(2,3)67-43-64(44-68(49-67)77(4,5)6)58-25-19-52(20-26-58)55-31-37-61(38-32-55)73-82-74(62-39-33-56(34-40-62)53-21-27-59(28-22-53)65-45-69(78(7,8)9)50-70(46-65)79(10,11)12)84-75(83-73)63-41-35-57(36-42-63)54-23-29-60(30-24-54)66-47-71(80(13,14)15)51-72(48-66)81(16,17)18/h19-51H,1-18H3. The Kier molecular flexibility index (Phi) is 15.6. The fraction of sp³-hybridized carbons (Fsp3) is 0.296. The minimum atomic E-state index is 0.0462. The molecule has 1 heterocycles. The quantitative estimate of drug-likeness (QED) is 0.145. The van der Waals surface area contributed by atoms with Gasteiger partial charge in [-0.2, -0.15) is 0 Å². The first kappa shape index (κ1) is 59.2. The Labute approximate surface area is 503 Å². The summed E-state index contributed by atoms with van der Waals surface area (Å²) in [5.74, 6) is 1.87. The van der Waals surface area contributed by atoms with Crippen molar-refractivity contribution in [2.75, 3.05) is 0 Å². The molecule has 0 aliphatic heterocycles. The van der Waals surface area contributed by atoms with Gasteiger partial charge in [-0.25, -0.2) is 15.0 Å². The van der Waals surface area contributed by atoms with Gasteiger partial charge >= 0.3 is 0 Å². The average molecular weight is 1100 g/mol. The van der Waals surface area contributed by atoms with Crippen LogP contribution >= 0.6 is 0 Å². The van der Waals surface area contributed by atoms with Crippen LogP contribution in [0.15, 0.2) is 200 Å². The zero-order valence-electron chi connectivity index (χ0n) is 53.4. The van der Waals surface area contributed by atoms with Crippen molar-refractivity contribution in [3.05, 3.63) is 234 Å². The summed E-state index contributed by atoms with van der Waals surface area (Å²) in [6, 6.07) is 74.2. The SMILES string of the molecule is CC(C)(C)c1cc(-c2ccc(-c3ccc(-c4nc(-c5ccc(-c6ccc(-c7cc(C(C)(C)C)cc(C(C)(C)C)c7)cc6)cc5)nc(-c5ccc(-c6ccc(-c7cc(C(C)(C)C)cc(C(C)(C)C)c7)cc6)cc5)n4)cc3)cc2)cc(C(C)(C)C)c1. The monoisotopic (exact) mass is 1100 g/mol. The van der Waals surface area contributed by atoms with Crippen LogP contribution in [0.5, 0.6) is 0 Å². The third-order valence-corrected chi connectivity index (χ3v) is 16.7. The Morgan fingerprint density at radius 2 is 0.274 bits per heavy atom. The summed E-state index contributed by atoms with van der Waals surface area (Å²) in [4.78, 5) is 15.6. The van der Waals surface area contributed by atoms with Gasteiger partial charge in [0, 0.05) is 16.7 Å². The summed E-state index contributed by atoms with van der Waals surface area (Å²) in [6.07, 6.45) is 0. The highest BCUT2D eigenvalue weighted by molar-refractivity contribution is 5.78. The molecule has 0 saturated carbocycles. The number of hydrogen-bond acceptors (Lipinski definition) is 3. The van der Waals surface area contributed by atoms with E-state index in [0.717, 1.165) is 50.1 Å². The molecule has 0 aliphatic rings. The van der Waals surface area contributed by atoms with Crippen molar-refractivity contribution in [2.24, 2.45) is 0 Å². The molecule has 0 amide bonds. The maximum atomic E-state index is 5.21. The Bertz CT molecular complexity index is 3440. The molecule has 0 radical (unpaired) electrons. The molecule has 0 saturated heterocycles. The van der Waals surface area contributed by atoms with Crippen LogP contribution in [0.2, 0.25) is 0 Å². The summed E-state index contributed by atoms with van der Waals surface area (Å²) in [6.45, 7) is 41.3. The summed E-state index contributed by atoms with van der Waals surface area (Å²) >= 11 is 0. The molecular weight excluding hydrogens is 1010 g/mol. The van der Waals surface area contributed by atoms with E-state index in [2.05, 4.69) is 325 Å². The van der Waals surface area contributed by atoms with Crippen molar-refractivity contribution < 1.29 is 0 Å². The van der Waals surface area contributed by atoms with Crippen LogP contribution in [0, 0.1) is 0 Å². The Morgan fingerprint density at radius 1 is 0.155 bits per heavy atom. The molecule has 1 aromatic heterocycles. The van der Waals surface area contributed by atoms with Gasteiger partial charge in [-0.3, -0.25) is 0 Å². The maximum absolute atomic E-state index is 5.21. The summed E-state index contributed by atoms with van der Waals surface area (Å²) in [5.41, 5.74) is 25.4. The molecule has 0 fully saturated rings. The van der Waals surface area contributed by atoms with Crippen LogP contribution in [0.3, 0.4) is 0 Å². The fourth-order valence-corrected chi connectivity index (χ4v) is 10.7. The van der Waals surface area contributed by atoms with Crippen LogP contribution in [0.1, 0.15) is 158 Å².